The first-order valence-electron chi connectivity index (χ1n) is 7.35. The maximum absolute atomic E-state index is 13.0. The van der Waals surface area contributed by atoms with Crippen LogP contribution in [0.1, 0.15) is 5.56 Å². The number of carbonyl (C=O) groups is 1. The van der Waals surface area contributed by atoms with Crippen molar-refractivity contribution in [3.8, 4) is 18.1 Å². The molecular weight excluding hydrogens is 330 g/mol. The van der Waals surface area contributed by atoms with Crippen molar-refractivity contribution in [1.82, 2.24) is 5.32 Å². The zero-order chi connectivity index (χ0) is 18.2. The number of aliphatic hydroxyl groups is 1. The normalized spacial score (nSPS) is 11.3. The average Bonchev–Trinajstić information content (AvgIpc) is 2.61. The SMILES string of the molecule is C#Cc1cccc(NC(=O)NCC(O)COc2ccc(F)c(F)c2)c1. The number of ether oxygens (including phenoxy) is 1. The van der Waals surface area contributed by atoms with Crippen molar-refractivity contribution >= 4 is 11.7 Å². The molecule has 0 aliphatic rings. The first kappa shape index (κ1) is 18.2. The Morgan fingerprint density at radius 1 is 1.24 bits per heavy atom. The first-order chi connectivity index (χ1) is 12.0. The summed E-state index contributed by atoms with van der Waals surface area (Å²) in [6.45, 7) is -0.289. The molecule has 1 unspecified atom stereocenters. The fourth-order valence-corrected chi connectivity index (χ4v) is 1.89. The third-order valence-corrected chi connectivity index (χ3v) is 3.12. The van der Waals surface area contributed by atoms with Crippen LogP contribution < -0.4 is 15.4 Å². The molecule has 0 bridgehead atoms. The van der Waals surface area contributed by atoms with Gasteiger partial charge in [0.1, 0.15) is 18.5 Å². The van der Waals surface area contributed by atoms with Gasteiger partial charge in [0.2, 0.25) is 0 Å². The Morgan fingerprint density at radius 3 is 2.76 bits per heavy atom. The summed E-state index contributed by atoms with van der Waals surface area (Å²) in [4.78, 5) is 11.8. The van der Waals surface area contributed by atoms with Gasteiger partial charge in [-0.3, -0.25) is 0 Å². The van der Waals surface area contributed by atoms with Crippen LogP contribution in [0, 0.1) is 24.0 Å². The molecule has 130 valence electrons. The number of terminal acetylenes is 1. The fourth-order valence-electron chi connectivity index (χ4n) is 1.89. The van der Waals surface area contributed by atoms with Gasteiger partial charge in [0.25, 0.3) is 0 Å². The van der Waals surface area contributed by atoms with Crippen molar-refractivity contribution in [3.63, 3.8) is 0 Å². The molecule has 2 amide bonds. The van der Waals surface area contributed by atoms with Gasteiger partial charge in [-0.15, -0.1) is 6.42 Å². The molecule has 0 saturated carbocycles. The van der Waals surface area contributed by atoms with E-state index in [1.54, 1.807) is 24.3 Å². The van der Waals surface area contributed by atoms with Gasteiger partial charge < -0.3 is 20.5 Å². The molecule has 2 aromatic carbocycles. The Hall–Kier alpha value is -3.11. The molecule has 0 aliphatic heterocycles. The predicted octanol–water partition coefficient (Wildman–Crippen LogP) is 2.51. The second-order valence-electron chi connectivity index (χ2n) is 5.10. The van der Waals surface area contributed by atoms with Crippen LogP contribution in [-0.2, 0) is 0 Å². The van der Waals surface area contributed by atoms with Gasteiger partial charge in [0.05, 0.1) is 0 Å². The highest BCUT2D eigenvalue weighted by Gasteiger charge is 2.10. The first-order valence-corrected chi connectivity index (χ1v) is 7.35. The topological polar surface area (TPSA) is 70.6 Å². The van der Waals surface area contributed by atoms with E-state index in [-0.39, 0.29) is 18.9 Å². The molecular formula is C18H16F2N2O3. The van der Waals surface area contributed by atoms with Crippen molar-refractivity contribution in [1.29, 1.82) is 0 Å². The molecule has 5 nitrogen and oxygen atoms in total. The number of amides is 2. The minimum atomic E-state index is -1.04. The van der Waals surface area contributed by atoms with Gasteiger partial charge in [0.15, 0.2) is 11.6 Å². The second kappa shape index (κ2) is 8.66. The van der Waals surface area contributed by atoms with Gasteiger partial charge in [-0.25, -0.2) is 13.6 Å². The van der Waals surface area contributed by atoms with Gasteiger partial charge in [0, 0.05) is 23.9 Å². The largest absolute Gasteiger partial charge is 0.491 e. The van der Waals surface area contributed by atoms with Gasteiger partial charge in [-0.2, -0.15) is 0 Å². The van der Waals surface area contributed by atoms with Crippen LogP contribution in [0.3, 0.4) is 0 Å². The monoisotopic (exact) mass is 346 g/mol. The molecule has 2 aromatic rings. The number of anilines is 1. The van der Waals surface area contributed by atoms with Crippen LogP contribution >= 0.6 is 0 Å². The van der Waals surface area contributed by atoms with E-state index in [0.717, 1.165) is 12.1 Å². The number of urea groups is 1. The van der Waals surface area contributed by atoms with Gasteiger partial charge in [-0.1, -0.05) is 12.0 Å². The van der Waals surface area contributed by atoms with E-state index in [1.165, 1.54) is 6.07 Å². The van der Waals surface area contributed by atoms with E-state index in [1.807, 2.05) is 0 Å². The molecule has 0 spiro atoms. The second-order valence-corrected chi connectivity index (χ2v) is 5.10. The van der Waals surface area contributed by atoms with Crippen LogP contribution in [0.25, 0.3) is 0 Å². The van der Waals surface area contributed by atoms with E-state index < -0.39 is 23.8 Å². The lowest BCUT2D eigenvalue weighted by Gasteiger charge is -2.14. The highest BCUT2D eigenvalue weighted by atomic mass is 19.2. The standard InChI is InChI=1S/C18H16F2N2O3/c1-2-12-4-3-5-13(8-12)22-18(24)21-10-14(23)11-25-15-6-7-16(19)17(20)9-15/h1,3-9,14,23H,10-11H2,(H2,21,22,24). The van der Waals surface area contributed by atoms with E-state index in [9.17, 15) is 18.7 Å². The zero-order valence-corrected chi connectivity index (χ0v) is 13.1. The number of rotatable bonds is 6. The summed E-state index contributed by atoms with van der Waals surface area (Å²) >= 11 is 0. The highest BCUT2D eigenvalue weighted by molar-refractivity contribution is 5.89. The maximum Gasteiger partial charge on any atom is 0.319 e. The highest BCUT2D eigenvalue weighted by Crippen LogP contribution is 2.15. The molecule has 0 heterocycles. The molecule has 1 atom stereocenters. The number of halogens is 2. The summed E-state index contributed by atoms with van der Waals surface area (Å²) in [7, 11) is 0. The van der Waals surface area contributed by atoms with E-state index >= 15 is 0 Å². The lowest BCUT2D eigenvalue weighted by Crippen LogP contribution is -2.37. The lowest BCUT2D eigenvalue weighted by molar-refractivity contribution is 0.108. The number of benzene rings is 2. The summed E-state index contributed by atoms with van der Waals surface area (Å²) < 4.78 is 30.9. The van der Waals surface area contributed by atoms with Gasteiger partial charge >= 0.3 is 6.03 Å². The van der Waals surface area contributed by atoms with Crippen molar-refractivity contribution < 1.29 is 23.4 Å². The minimum absolute atomic E-state index is 0.0773. The Balaban J connectivity index is 1.75. The molecule has 7 heteroatoms. The molecule has 0 aliphatic carbocycles. The molecule has 0 saturated heterocycles. The van der Waals surface area contributed by atoms with Crippen LogP contribution in [0.5, 0.6) is 5.75 Å². The average molecular weight is 346 g/mol. The summed E-state index contributed by atoms with van der Waals surface area (Å²) in [5.74, 6) is 0.501. The molecule has 25 heavy (non-hydrogen) atoms. The number of carbonyl (C=O) groups excluding carboxylic acids is 1. The summed E-state index contributed by atoms with van der Waals surface area (Å²) in [5, 5.41) is 14.8. The number of hydrogen-bond donors (Lipinski definition) is 3. The fraction of sp³-hybridized carbons (Fsp3) is 0.167. The zero-order valence-electron chi connectivity index (χ0n) is 13.1. The lowest BCUT2D eigenvalue weighted by atomic mass is 10.2. The van der Waals surface area contributed by atoms with Crippen molar-refractivity contribution in [3.05, 3.63) is 59.7 Å². The summed E-state index contributed by atoms with van der Waals surface area (Å²) in [6.07, 6.45) is 4.25. The van der Waals surface area contributed by atoms with Crippen LogP contribution in [0.15, 0.2) is 42.5 Å². The van der Waals surface area contributed by atoms with Crippen LogP contribution in [-0.4, -0.2) is 30.4 Å². The van der Waals surface area contributed by atoms with Gasteiger partial charge in [-0.05, 0) is 30.3 Å². The Labute approximate surface area is 143 Å². The number of hydrogen-bond acceptors (Lipinski definition) is 3. The quantitative estimate of drug-likeness (QED) is 0.704. The summed E-state index contributed by atoms with van der Waals surface area (Å²) in [5.41, 5.74) is 1.14. The Morgan fingerprint density at radius 2 is 2.04 bits per heavy atom. The third-order valence-electron chi connectivity index (χ3n) is 3.12. The smallest absolute Gasteiger partial charge is 0.319 e. The van der Waals surface area contributed by atoms with E-state index in [2.05, 4.69) is 16.6 Å². The predicted molar refractivity (Wildman–Crippen MR) is 89.3 cm³/mol. The molecule has 3 N–H and O–H groups in total. The Kier molecular flexibility index (Phi) is 6.32. The molecule has 0 aromatic heterocycles. The number of aliphatic hydroxyl groups excluding tert-OH is 1. The minimum Gasteiger partial charge on any atom is -0.491 e. The van der Waals surface area contributed by atoms with E-state index in [4.69, 9.17) is 11.2 Å². The van der Waals surface area contributed by atoms with E-state index in [0.29, 0.717) is 11.3 Å². The Bertz CT molecular complexity index is 790. The maximum atomic E-state index is 13.0. The number of nitrogens with one attached hydrogen (secondary N) is 2. The summed E-state index contributed by atoms with van der Waals surface area (Å²) in [6, 6.07) is 9.24. The third kappa shape index (κ3) is 5.79. The van der Waals surface area contributed by atoms with Crippen molar-refractivity contribution in [2.24, 2.45) is 0 Å². The van der Waals surface area contributed by atoms with Crippen molar-refractivity contribution in [2.75, 3.05) is 18.5 Å². The molecule has 0 fully saturated rings. The van der Waals surface area contributed by atoms with Crippen LogP contribution in [0.2, 0.25) is 0 Å². The molecule has 0 radical (unpaired) electrons. The van der Waals surface area contributed by atoms with Crippen molar-refractivity contribution in [2.45, 2.75) is 6.10 Å². The molecule has 2 rings (SSSR count). The van der Waals surface area contributed by atoms with Crippen LogP contribution in [0.4, 0.5) is 19.3 Å².